The Hall–Kier alpha value is -2.68. The number of rotatable bonds is 1. The molecule has 3 aromatic carbocycles. The minimum Gasteiger partial charge on any atom is -0.275 e. The Morgan fingerprint density at radius 2 is 1.67 bits per heavy atom. The number of hydrogen-bond acceptors (Lipinski definition) is 2. The lowest BCUT2D eigenvalue weighted by atomic mass is 9.89. The molecule has 1 aliphatic rings. The van der Waals surface area contributed by atoms with E-state index in [2.05, 4.69) is 0 Å². The standard InChI is InChI=1S/C18H13NO2/c1-2-19-17(20)14-9-5-7-12-10-11-6-3-4-8-13(11)16(15(12)14)18(19)21/h3-10H,2H2,1H3. The van der Waals surface area contributed by atoms with Crippen LogP contribution in [0.2, 0.25) is 0 Å². The fourth-order valence-electron chi connectivity index (χ4n) is 3.18. The zero-order chi connectivity index (χ0) is 14.6. The Labute approximate surface area is 121 Å². The molecule has 1 heterocycles. The first kappa shape index (κ1) is 12.1. The number of fused-ring (bicyclic) bond motifs is 2. The molecule has 0 aromatic heterocycles. The Morgan fingerprint density at radius 1 is 0.905 bits per heavy atom. The van der Waals surface area contributed by atoms with Crippen LogP contribution in [0, 0.1) is 0 Å². The maximum Gasteiger partial charge on any atom is 0.262 e. The van der Waals surface area contributed by atoms with E-state index >= 15 is 0 Å². The summed E-state index contributed by atoms with van der Waals surface area (Å²) in [4.78, 5) is 26.6. The van der Waals surface area contributed by atoms with E-state index in [1.165, 1.54) is 4.90 Å². The minimum absolute atomic E-state index is 0.192. The molecule has 102 valence electrons. The van der Waals surface area contributed by atoms with E-state index in [1.54, 1.807) is 6.07 Å². The fourth-order valence-corrected chi connectivity index (χ4v) is 3.18. The molecular formula is C18H13NO2. The number of nitrogens with zero attached hydrogens (tertiary/aromatic N) is 1. The molecule has 0 saturated carbocycles. The summed E-state index contributed by atoms with van der Waals surface area (Å²) in [6.45, 7) is 2.21. The van der Waals surface area contributed by atoms with Crippen molar-refractivity contribution in [3.8, 4) is 0 Å². The predicted octanol–water partition coefficient (Wildman–Crippen LogP) is 3.61. The van der Waals surface area contributed by atoms with Gasteiger partial charge in [-0.3, -0.25) is 14.5 Å². The summed E-state index contributed by atoms with van der Waals surface area (Å²) in [5.74, 6) is -0.390. The van der Waals surface area contributed by atoms with Crippen LogP contribution in [0.5, 0.6) is 0 Å². The monoisotopic (exact) mass is 275 g/mol. The summed E-state index contributed by atoms with van der Waals surface area (Å²) in [5.41, 5.74) is 1.27. The van der Waals surface area contributed by atoms with Gasteiger partial charge < -0.3 is 0 Å². The molecule has 4 rings (SSSR count). The largest absolute Gasteiger partial charge is 0.275 e. The van der Waals surface area contributed by atoms with Crippen molar-refractivity contribution in [2.24, 2.45) is 0 Å². The van der Waals surface area contributed by atoms with Gasteiger partial charge in [0.15, 0.2) is 0 Å². The molecule has 0 radical (unpaired) electrons. The van der Waals surface area contributed by atoms with Gasteiger partial charge in [0.1, 0.15) is 0 Å². The molecule has 2 amide bonds. The van der Waals surface area contributed by atoms with Gasteiger partial charge in [0, 0.05) is 17.5 Å². The molecule has 0 aliphatic carbocycles. The van der Waals surface area contributed by atoms with Gasteiger partial charge in [-0.25, -0.2) is 0 Å². The van der Waals surface area contributed by atoms with Crippen LogP contribution in [0.3, 0.4) is 0 Å². The average Bonchev–Trinajstić information content (AvgIpc) is 2.51. The van der Waals surface area contributed by atoms with Gasteiger partial charge in [-0.2, -0.15) is 0 Å². The average molecular weight is 275 g/mol. The number of carbonyl (C=O) groups is 2. The predicted molar refractivity (Wildman–Crippen MR) is 82.5 cm³/mol. The van der Waals surface area contributed by atoms with E-state index in [4.69, 9.17) is 0 Å². The van der Waals surface area contributed by atoms with Gasteiger partial charge in [-0.15, -0.1) is 0 Å². The lowest BCUT2D eigenvalue weighted by molar-refractivity contribution is 0.0621. The van der Waals surface area contributed by atoms with Crippen LogP contribution in [-0.2, 0) is 0 Å². The van der Waals surface area contributed by atoms with E-state index in [-0.39, 0.29) is 11.8 Å². The highest BCUT2D eigenvalue weighted by Gasteiger charge is 2.32. The van der Waals surface area contributed by atoms with Crippen LogP contribution in [-0.4, -0.2) is 23.3 Å². The maximum atomic E-state index is 12.8. The van der Waals surface area contributed by atoms with Crippen molar-refractivity contribution in [2.45, 2.75) is 6.92 Å². The fraction of sp³-hybridized carbons (Fsp3) is 0.111. The molecule has 0 saturated heterocycles. The first-order valence-corrected chi connectivity index (χ1v) is 7.03. The summed E-state index contributed by atoms with van der Waals surface area (Å²) in [6.07, 6.45) is 0. The number of carbonyl (C=O) groups excluding carboxylic acids is 2. The van der Waals surface area contributed by atoms with Crippen molar-refractivity contribution in [3.05, 3.63) is 59.7 Å². The highest BCUT2D eigenvalue weighted by Crippen LogP contribution is 2.35. The smallest absolute Gasteiger partial charge is 0.262 e. The summed E-state index contributed by atoms with van der Waals surface area (Å²) in [5, 5.41) is 3.67. The molecular weight excluding hydrogens is 262 g/mol. The Kier molecular flexibility index (Phi) is 2.39. The first-order chi connectivity index (χ1) is 10.2. The summed E-state index contributed by atoms with van der Waals surface area (Å²) < 4.78 is 0. The second-order valence-electron chi connectivity index (χ2n) is 5.23. The summed E-state index contributed by atoms with van der Waals surface area (Å²) >= 11 is 0. The third kappa shape index (κ3) is 1.49. The Bertz CT molecular complexity index is 927. The van der Waals surface area contributed by atoms with Gasteiger partial charge in [0.05, 0.1) is 5.56 Å². The second kappa shape index (κ2) is 4.16. The van der Waals surface area contributed by atoms with Gasteiger partial charge in [-0.1, -0.05) is 36.4 Å². The van der Waals surface area contributed by atoms with Crippen molar-refractivity contribution in [1.82, 2.24) is 4.90 Å². The number of hydrogen-bond donors (Lipinski definition) is 0. The van der Waals surface area contributed by atoms with Crippen LogP contribution in [0.4, 0.5) is 0 Å². The third-order valence-corrected chi connectivity index (χ3v) is 4.14. The van der Waals surface area contributed by atoms with E-state index in [1.807, 2.05) is 49.4 Å². The number of benzene rings is 3. The van der Waals surface area contributed by atoms with Crippen LogP contribution < -0.4 is 0 Å². The highest BCUT2D eigenvalue weighted by molar-refractivity contribution is 6.30. The van der Waals surface area contributed by atoms with Crippen LogP contribution in [0.25, 0.3) is 21.5 Å². The first-order valence-electron chi connectivity index (χ1n) is 7.03. The normalized spacial score (nSPS) is 14.2. The minimum atomic E-state index is -0.198. The molecule has 3 aromatic rings. The van der Waals surface area contributed by atoms with Gasteiger partial charge in [-0.05, 0) is 35.2 Å². The topological polar surface area (TPSA) is 37.4 Å². The number of imide groups is 1. The van der Waals surface area contributed by atoms with Crippen molar-refractivity contribution in [2.75, 3.05) is 6.54 Å². The summed E-state index contributed by atoms with van der Waals surface area (Å²) in [7, 11) is 0. The van der Waals surface area contributed by atoms with Gasteiger partial charge >= 0.3 is 0 Å². The van der Waals surface area contributed by atoms with Crippen molar-refractivity contribution in [1.29, 1.82) is 0 Å². The van der Waals surface area contributed by atoms with E-state index in [9.17, 15) is 9.59 Å². The van der Waals surface area contributed by atoms with Crippen molar-refractivity contribution >= 4 is 33.4 Å². The van der Waals surface area contributed by atoms with Crippen molar-refractivity contribution in [3.63, 3.8) is 0 Å². The van der Waals surface area contributed by atoms with Crippen LogP contribution in [0.15, 0.2) is 48.5 Å². The lowest BCUT2D eigenvalue weighted by Gasteiger charge is -2.27. The molecule has 3 heteroatoms. The van der Waals surface area contributed by atoms with Gasteiger partial charge in [0.25, 0.3) is 11.8 Å². The zero-order valence-electron chi connectivity index (χ0n) is 11.6. The molecule has 0 unspecified atom stereocenters. The third-order valence-electron chi connectivity index (χ3n) is 4.14. The SMILES string of the molecule is CCN1C(=O)c2cccc3cc4ccccc4c(c23)C1=O. The van der Waals surface area contributed by atoms with Crippen LogP contribution >= 0.6 is 0 Å². The molecule has 21 heavy (non-hydrogen) atoms. The molecule has 3 nitrogen and oxygen atoms in total. The molecule has 0 bridgehead atoms. The quantitative estimate of drug-likeness (QED) is 0.502. The molecule has 0 fully saturated rings. The van der Waals surface area contributed by atoms with E-state index in [0.29, 0.717) is 17.7 Å². The van der Waals surface area contributed by atoms with E-state index in [0.717, 1.165) is 21.5 Å². The zero-order valence-corrected chi connectivity index (χ0v) is 11.6. The molecule has 0 N–H and O–H groups in total. The molecule has 1 aliphatic heterocycles. The molecule has 0 spiro atoms. The lowest BCUT2D eigenvalue weighted by Crippen LogP contribution is -2.40. The maximum absolute atomic E-state index is 12.8. The van der Waals surface area contributed by atoms with Crippen LogP contribution in [0.1, 0.15) is 27.6 Å². The van der Waals surface area contributed by atoms with E-state index < -0.39 is 0 Å². The van der Waals surface area contributed by atoms with Crippen molar-refractivity contribution < 1.29 is 9.59 Å². The Balaban J connectivity index is 2.27. The second-order valence-corrected chi connectivity index (χ2v) is 5.23. The number of amides is 2. The van der Waals surface area contributed by atoms with Gasteiger partial charge in [0.2, 0.25) is 0 Å². The molecule has 0 atom stereocenters. The Morgan fingerprint density at radius 3 is 2.48 bits per heavy atom. The summed E-state index contributed by atoms with van der Waals surface area (Å²) in [6, 6.07) is 15.5. The highest BCUT2D eigenvalue weighted by atomic mass is 16.2.